The van der Waals surface area contributed by atoms with Crippen LogP contribution in [-0.4, -0.2) is 63.0 Å². The molecule has 1 aliphatic rings. The Balaban J connectivity index is 1.38. The van der Waals surface area contributed by atoms with Crippen molar-refractivity contribution < 1.29 is 48.6 Å². The number of anilines is 1. The van der Waals surface area contributed by atoms with Gasteiger partial charge in [-0.2, -0.15) is 0 Å². The van der Waals surface area contributed by atoms with E-state index in [1.807, 2.05) is 26.0 Å². The van der Waals surface area contributed by atoms with Gasteiger partial charge >= 0.3 is 11.6 Å². The smallest absolute Gasteiger partial charge is 0.364 e. The highest BCUT2D eigenvalue weighted by molar-refractivity contribution is 6.06. The molecule has 50 heavy (non-hydrogen) atoms. The van der Waals surface area contributed by atoms with Crippen molar-refractivity contribution in [3.05, 3.63) is 105 Å². The predicted molar refractivity (Wildman–Crippen MR) is 184 cm³/mol. The largest absolute Gasteiger partial charge is 0.508 e. The van der Waals surface area contributed by atoms with Gasteiger partial charge in [-0.15, -0.1) is 0 Å². The van der Waals surface area contributed by atoms with E-state index in [4.69, 9.17) is 18.6 Å². The molecule has 0 spiro atoms. The molecule has 264 valence electrons. The number of allylic oxidation sites excluding steroid dienone is 2. The van der Waals surface area contributed by atoms with Gasteiger partial charge < -0.3 is 44.4 Å². The van der Waals surface area contributed by atoms with Gasteiger partial charge in [0, 0.05) is 11.1 Å². The molecule has 4 atom stereocenters. The van der Waals surface area contributed by atoms with E-state index in [1.165, 1.54) is 30.3 Å². The molecule has 1 aromatic heterocycles. The topological polar surface area (TPSA) is 185 Å². The number of benzene rings is 3. The number of aliphatic hydroxyl groups is 2. The molecule has 5 rings (SSSR count). The number of ether oxygens (including phenoxy) is 3. The molecule has 0 aliphatic carbocycles. The van der Waals surface area contributed by atoms with E-state index in [1.54, 1.807) is 45.0 Å². The van der Waals surface area contributed by atoms with Crippen molar-refractivity contribution in [2.24, 2.45) is 5.92 Å². The first-order valence-electron chi connectivity index (χ1n) is 16.1. The minimum Gasteiger partial charge on any atom is -0.508 e. The number of carbonyl (C=O) groups excluding carboxylic acids is 2. The van der Waals surface area contributed by atoms with E-state index in [9.17, 15) is 34.8 Å². The second-order valence-corrected chi connectivity index (χ2v) is 13.1. The fourth-order valence-electron chi connectivity index (χ4n) is 5.89. The lowest BCUT2D eigenvalue weighted by molar-refractivity contribution is -0.294. The van der Waals surface area contributed by atoms with Gasteiger partial charge in [0.05, 0.1) is 29.9 Å². The summed E-state index contributed by atoms with van der Waals surface area (Å²) >= 11 is 0. The van der Waals surface area contributed by atoms with Gasteiger partial charge in [-0.05, 0) is 82.5 Å². The summed E-state index contributed by atoms with van der Waals surface area (Å²) < 4.78 is 23.4. The van der Waals surface area contributed by atoms with Crippen LogP contribution in [0.3, 0.4) is 0 Å². The SMILES string of the molecule is CC(C)=CCc1cc(C(=O)Nc2c(O)c3ccc(O[C@@H]4OC(C)(C)[C@H](CO)[C@@H](OC(=O)Cc5ccccc5)[C@H]4O)c(C)c3oc2=O)ccc1O. The Hall–Kier alpha value is -5.17. The maximum absolute atomic E-state index is 13.1. The molecule has 0 bridgehead atoms. The Kier molecular flexibility index (Phi) is 10.7. The summed E-state index contributed by atoms with van der Waals surface area (Å²) in [4.78, 5) is 39.1. The normalized spacial score (nSPS) is 19.8. The molecule has 0 saturated carbocycles. The van der Waals surface area contributed by atoms with Crippen molar-refractivity contribution in [1.29, 1.82) is 0 Å². The van der Waals surface area contributed by atoms with Crippen LogP contribution in [0.4, 0.5) is 5.69 Å². The van der Waals surface area contributed by atoms with E-state index in [2.05, 4.69) is 5.32 Å². The van der Waals surface area contributed by atoms with Crippen molar-refractivity contribution in [2.45, 2.75) is 71.6 Å². The zero-order chi connectivity index (χ0) is 36.3. The Morgan fingerprint density at radius 3 is 2.44 bits per heavy atom. The van der Waals surface area contributed by atoms with E-state index < -0.39 is 65.6 Å². The maximum atomic E-state index is 13.1. The van der Waals surface area contributed by atoms with Crippen molar-refractivity contribution in [3.8, 4) is 17.2 Å². The number of aryl methyl sites for hydroxylation is 1. The van der Waals surface area contributed by atoms with Gasteiger partial charge in [-0.1, -0.05) is 42.0 Å². The third kappa shape index (κ3) is 7.67. The third-order valence-electron chi connectivity index (χ3n) is 8.78. The number of hydrogen-bond acceptors (Lipinski definition) is 11. The Morgan fingerprint density at radius 2 is 1.76 bits per heavy atom. The number of aromatic hydroxyl groups is 2. The highest BCUT2D eigenvalue weighted by atomic mass is 16.7. The summed E-state index contributed by atoms with van der Waals surface area (Å²) in [6.45, 7) is 8.30. The maximum Gasteiger partial charge on any atom is 0.364 e. The number of hydrogen-bond donors (Lipinski definition) is 5. The number of phenolic OH excluding ortho intramolecular Hbond substituents is 1. The van der Waals surface area contributed by atoms with Crippen molar-refractivity contribution in [1.82, 2.24) is 0 Å². The lowest BCUT2D eigenvalue weighted by atomic mass is 9.81. The molecule has 1 amide bonds. The summed E-state index contributed by atoms with van der Waals surface area (Å²) in [5.74, 6) is -2.48. The number of phenols is 1. The number of fused-ring (bicyclic) bond motifs is 1. The molecule has 2 heterocycles. The Bertz CT molecular complexity index is 1980. The number of esters is 1. The fourth-order valence-corrected chi connectivity index (χ4v) is 5.89. The zero-order valence-corrected chi connectivity index (χ0v) is 28.4. The van der Waals surface area contributed by atoms with Crippen LogP contribution in [0, 0.1) is 12.8 Å². The lowest BCUT2D eigenvalue weighted by Crippen LogP contribution is -2.62. The van der Waals surface area contributed by atoms with Gasteiger partial charge in [-0.3, -0.25) is 9.59 Å². The minimum absolute atomic E-state index is 0.0168. The molecule has 1 saturated heterocycles. The van der Waals surface area contributed by atoms with Crippen molar-refractivity contribution in [3.63, 3.8) is 0 Å². The van der Waals surface area contributed by atoms with Crippen LogP contribution in [0.25, 0.3) is 11.0 Å². The highest BCUT2D eigenvalue weighted by Crippen LogP contribution is 2.40. The molecule has 12 nitrogen and oxygen atoms in total. The quantitative estimate of drug-likeness (QED) is 0.0867. The molecule has 5 N–H and O–H groups in total. The summed E-state index contributed by atoms with van der Waals surface area (Å²) in [5, 5.41) is 45.3. The van der Waals surface area contributed by atoms with E-state index in [0.29, 0.717) is 12.0 Å². The van der Waals surface area contributed by atoms with Crippen LogP contribution in [0.5, 0.6) is 17.2 Å². The van der Waals surface area contributed by atoms with Crippen LogP contribution >= 0.6 is 0 Å². The summed E-state index contributed by atoms with van der Waals surface area (Å²) in [5.41, 5.74) is 0.0317. The third-order valence-corrected chi connectivity index (χ3v) is 8.78. The monoisotopic (exact) mass is 687 g/mol. The molecular formula is C38H41NO11. The van der Waals surface area contributed by atoms with E-state index >= 15 is 0 Å². The highest BCUT2D eigenvalue weighted by Gasteiger charge is 2.52. The van der Waals surface area contributed by atoms with Crippen molar-refractivity contribution in [2.75, 3.05) is 11.9 Å². The van der Waals surface area contributed by atoms with Crippen LogP contribution in [0.2, 0.25) is 0 Å². The minimum atomic E-state index is -1.52. The van der Waals surface area contributed by atoms with E-state index in [0.717, 1.165) is 11.1 Å². The number of carbonyl (C=O) groups is 2. The van der Waals surface area contributed by atoms with Gasteiger partial charge in [0.25, 0.3) is 5.91 Å². The van der Waals surface area contributed by atoms with Gasteiger partial charge in [-0.25, -0.2) is 4.79 Å². The molecule has 0 unspecified atom stereocenters. The number of aliphatic hydroxyl groups excluding tert-OH is 2. The van der Waals surface area contributed by atoms with E-state index in [-0.39, 0.29) is 40.0 Å². The zero-order valence-electron chi connectivity index (χ0n) is 28.4. The van der Waals surface area contributed by atoms with Crippen LogP contribution < -0.4 is 15.7 Å². The summed E-state index contributed by atoms with van der Waals surface area (Å²) in [6.07, 6.45) is -1.83. The van der Waals surface area contributed by atoms with Gasteiger partial charge in [0.1, 0.15) is 23.2 Å². The molecule has 4 aromatic rings. The predicted octanol–water partition coefficient (Wildman–Crippen LogP) is 4.91. The number of amides is 1. The molecule has 1 fully saturated rings. The summed E-state index contributed by atoms with van der Waals surface area (Å²) in [7, 11) is 0. The standard InChI is InChI=1S/C38H41NO11/c1-20(2)11-12-23-18-24(13-15-27(23)41)35(45)39-30-31(43)25-14-16-28(21(3)33(25)49-36(30)46)47-37-32(44)34(26(19-40)38(4,5)50-37)48-29(42)17-22-9-7-6-8-10-22/h6-11,13-16,18,26,32,34,37,40-41,43-44H,12,17,19H2,1-5H3,(H,39,45)/t26-,32-,34-,37-/m1/s1. The lowest BCUT2D eigenvalue weighted by Gasteiger charge is -2.48. The second-order valence-electron chi connectivity index (χ2n) is 13.1. The summed E-state index contributed by atoms with van der Waals surface area (Å²) in [6, 6.07) is 16.1. The average molecular weight is 688 g/mol. The molecule has 0 radical (unpaired) electrons. The Morgan fingerprint density at radius 1 is 1.04 bits per heavy atom. The molecular weight excluding hydrogens is 646 g/mol. The first-order valence-corrected chi connectivity index (χ1v) is 16.1. The Labute approximate surface area is 288 Å². The average Bonchev–Trinajstić information content (AvgIpc) is 3.06. The molecule has 12 heteroatoms. The number of rotatable bonds is 10. The first kappa shape index (κ1) is 36.1. The molecule has 3 aromatic carbocycles. The fraction of sp³-hybridized carbons (Fsp3) is 0.342. The van der Waals surface area contributed by atoms with Crippen molar-refractivity contribution >= 4 is 28.5 Å². The van der Waals surface area contributed by atoms with Crippen LogP contribution in [-0.2, 0) is 27.1 Å². The van der Waals surface area contributed by atoms with Gasteiger partial charge in [0.15, 0.2) is 17.5 Å². The van der Waals surface area contributed by atoms with Gasteiger partial charge in [0.2, 0.25) is 6.29 Å². The number of nitrogens with one attached hydrogen (secondary N) is 1. The molecule has 1 aliphatic heterocycles. The second kappa shape index (κ2) is 14.8. The first-order chi connectivity index (χ1) is 23.7. The van der Waals surface area contributed by atoms with Crippen LogP contribution in [0.15, 0.2) is 81.5 Å². The van der Waals surface area contributed by atoms with Crippen LogP contribution in [0.1, 0.15) is 54.7 Å².